The van der Waals surface area contributed by atoms with Crippen molar-refractivity contribution in [3.05, 3.63) is 27.1 Å². The second-order valence-electron chi connectivity index (χ2n) is 4.94. The zero-order chi connectivity index (χ0) is 14.3. The number of fused-ring (bicyclic) bond motifs is 3. The first kappa shape index (κ1) is 13.3. The fraction of sp³-hybridized carbons (Fsp3) is 0.500. The van der Waals surface area contributed by atoms with E-state index in [9.17, 15) is 9.59 Å². The van der Waals surface area contributed by atoms with E-state index in [1.54, 1.807) is 11.3 Å². The highest BCUT2D eigenvalue weighted by molar-refractivity contribution is 7.18. The van der Waals surface area contributed by atoms with Gasteiger partial charge in [0.15, 0.2) is 0 Å². The summed E-state index contributed by atoms with van der Waals surface area (Å²) in [4.78, 5) is 30.9. The molecule has 2 heterocycles. The molecule has 2 aromatic rings. The van der Waals surface area contributed by atoms with Crippen molar-refractivity contribution < 1.29 is 9.53 Å². The Morgan fingerprint density at radius 1 is 1.55 bits per heavy atom. The summed E-state index contributed by atoms with van der Waals surface area (Å²) in [5.74, 6) is -0.400. The minimum Gasteiger partial charge on any atom is -0.467 e. The number of carbonyl (C=O) groups excluding carboxylic acids is 1. The molecule has 0 radical (unpaired) electrons. The Labute approximate surface area is 120 Å². The molecule has 0 amide bonds. The summed E-state index contributed by atoms with van der Waals surface area (Å²) in [6.07, 6.45) is 5.04. The third-order valence-corrected chi connectivity index (χ3v) is 5.05. The van der Waals surface area contributed by atoms with Gasteiger partial charge in [-0.25, -0.2) is 9.78 Å². The molecule has 1 aliphatic carbocycles. The van der Waals surface area contributed by atoms with Crippen molar-refractivity contribution in [1.29, 1.82) is 0 Å². The van der Waals surface area contributed by atoms with E-state index in [4.69, 9.17) is 4.74 Å². The predicted octanol–water partition coefficient (Wildman–Crippen LogP) is 2.07. The van der Waals surface area contributed by atoms with Crippen molar-refractivity contribution in [3.8, 4) is 0 Å². The molecular formula is C14H16N2O3S. The fourth-order valence-electron chi connectivity index (χ4n) is 2.83. The smallest absolute Gasteiger partial charge is 0.329 e. The van der Waals surface area contributed by atoms with Crippen LogP contribution in [0.4, 0.5) is 0 Å². The van der Waals surface area contributed by atoms with Gasteiger partial charge in [-0.1, -0.05) is 6.92 Å². The normalized spacial score (nSPS) is 15.3. The van der Waals surface area contributed by atoms with E-state index in [1.807, 2.05) is 6.92 Å². The van der Waals surface area contributed by atoms with E-state index in [-0.39, 0.29) is 5.56 Å². The van der Waals surface area contributed by atoms with Crippen molar-refractivity contribution in [1.82, 2.24) is 9.55 Å². The summed E-state index contributed by atoms with van der Waals surface area (Å²) in [5.41, 5.74) is 1.02. The first-order chi connectivity index (χ1) is 9.67. The molecule has 0 aromatic carbocycles. The SMILES string of the molecule is CCC(C(=O)OC)n1cnc2sc3c(c2c1=O)CCC3. The number of carbonyl (C=O) groups is 1. The van der Waals surface area contributed by atoms with E-state index >= 15 is 0 Å². The summed E-state index contributed by atoms with van der Waals surface area (Å²) < 4.78 is 6.19. The molecule has 106 valence electrons. The van der Waals surface area contributed by atoms with Crippen molar-refractivity contribution in [3.63, 3.8) is 0 Å². The molecule has 6 heteroatoms. The van der Waals surface area contributed by atoms with Crippen LogP contribution in [0.3, 0.4) is 0 Å². The van der Waals surface area contributed by atoms with Crippen LogP contribution in [-0.2, 0) is 22.4 Å². The molecule has 1 aliphatic rings. The Morgan fingerprint density at radius 2 is 2.35 bits per heavy atom. The monoisotopic (exact) mass is 292 g/mol. The van der Waals surface area contributed by atoms with Crippen molar-refractivity contribution in [2.75, 3.05) is 7.11 Å². The van der Waals surface area contributed by atoms with Crippen LogP contribution in [0.5, 0.6) is 0 Å². The van der Waals surface area contributed by atoms with Gasteiger partial charge < -0.3 is 4.74 Å². The molecule has 1 unspecified atom stereocenters. The van der Waals surface area contributed by atoms with Crippen LogP contribution >= 0.6 is 11.3 Å². The summed E-state index contributed by atoms with van der Waals surface area (Å²) in [7, 11) is 1.34. The maximum atomic E-state index is 12.7. The lowest BCUT2D eigenvalue weighted by molar-refractivity contribution is -0.144. The standard InChI is InChI=1S/C14H16N2O3S/c1-3-9(14(18)19-2)16-7-15-12-11(13(16)17)8-5-4-6-10(8)20-12/h7,9H,3-6H2,1-2H3. The summed E-state index contributed by atoms with van der Waals surface area (Å²) in [5, 5.41) is 0.701. The van der Waals surface area contributed by atoms with Crippen molar-refractivity contribution >= 4 is 27.5 Å². The highest BCUT2D eigenvalue weighted by Gasteiger charge is 2.25. The molecule has 5 nitrogen and oxygen atoms in total. The number of hydrogen-bond acceptors (Lipinski definition) is 5. The molecule has 1 atom stereocenters. The average molecular weight is 292 g/mol. The van der Waals surface area contributed by atoms with Crippen LogP contribution in [0.25, 0.3) is 10.2 Å². The highest BCUT2D eigenvalue weighted by atomic mass is 32.1. The number of esters is 1. The summed E-state index contributed by atoms with van der Waals surface area (Å²) in [6, 6.07) is -0.596. The first-order valence-electron chi connectivity index (χ1n) is 6.76. The second kappa shape index (κ2) is 5.01. The average Bonchev–Trinajstić information content (AvgIpc) is 3.01. The summed E-state index contributed by atoms with van der Waals surface area (Å²) >= 11 is 1.60. The largest absolute Gasteiger partial charge is 0.467 e. The molecule has 0 saturated carbocycles. The number of aryl methyl sites for hydroxylation is 2. The number of nitrogens with zero attached hydrogens (tertiary/aromatic N) is 2. The minimum absolute atomic E-state index is 0.119. The number of hydrogen-bond donors (Lipinski definition) is 0. The van der Waals surface area contributed by atoms with E-state index in [0.717, 1.165) is 29.7 Å². The number of rotatable bonds is 3. The van der Waals surface area contributed by atoms with E-state index in [0.29, 0.717) is 11.8 Å². The highest BCUT2D eigenvalue weighted by Crippen LogP contribution is 2.34. The molecule has 0 spiro atoms. The van der Waals surface area contributed by atoms with E-state index < -0.39 is 12.0 Å². The van der Waals surface area contributed by atoms with Crippen molar-refractivity contribution in [2.45, 2.75) is 38.6 Å². The van der Waals surface area contributed by atoms with Gasteiger partial charge in [0, 0.05) is 4.88 Å². The third kappa shape index (κ3) is 1.86. The van der Waals surface area contributed by atoms with Crippen LogP contribution in [-0.4, -0.2) is 22.6 Å². The molecule has 20 heavy (non-hydrogen) atoms. The number of methoxy groups -OCH3 is 1. The Balaban J connectivity index is 2.20. The van der Waals surface area contributed by atoms with E-state index in [1.165, 1.54) is 22.9 Å². The van der Waals surface area contributed by atoms with E-state index in [2.05, 4.69) is 4.98 Å². The maximum absolute atomic E-state index is 12.7. The Morgan fingerprint density at radius 3 is 3.05 bits per heavy atom. The lowest BCUT2D eigenvalue weighted by Crippen LogP contribution is -2.30. The molecule has 0 bridgehead atoms. The van der Waals surface area contributed by atoms with Crippen LogP contribution in [0, 0.1) is 0 Å². The fourth-order valence-corrected chi connectivity index (χ4v) is 4.05. The Kier molecular flexibility index (Phi) is 3.33. The molecule has 0 fully saturated rings. The topological polar surface area (TPSA) is 61.2 Å². The minimum atomic E-state index is -0.596. The van der Waals surface area contributed by atoms with Gasteiger partial charge in [0.05, 0.1) is 18.8 Å². The second-order valence-corrected chi connectivity index (χ2v) is 6.03. The van der Waals surface area contributed by atoms with Gasteiger partial charge in [0.25, 0.3) is 5.56 Å². The predicted molar refractivity (Wildman–Crippen MR) is 77.2 cm³/mol. The molecule has 0 aliphatic heterocycles. The molecule has 0 N–H and O–H groups in total. The van der Waals surface area contributed by atoms with Gasteiger partial charge in [0.1, 0.15) is 10.9 Å². The van der Waals surface area contributed by atoms with Gasteiger partial charge in [-0.15, -0.1) is 11.3 Å². The zero-order valence-electron chi connectivity index (χ0n) is 11.5. The van der Waals surface area contributed by atoms with Gasteiger partial charge in [-0.3, -0.25) is 9.36 Å². The number of thiophene rings is 1. The third-order valence-electron chi connectivity index (χ3n) is 3.85. The molecule has 3 rings (SSSR count). The lowest BCUT2D eigenvalue weighted by atomic mass is 10.2. The molecule has 2 aromatic heterocycles. The summed E-state index contributed by atoms with van der Waals surface area (Å²) in [6.45, 7) is 1.86. The van der Waals surface area contributed by atoms with Gasteiger partial charge in [-0.2, -0.15) is 0 Å². The lowest BCUT2D eigenvalue weighted by Gasteiger charge is -2.15. The Bertz CT molecular complexity index is 732. The number of aromatic nitrogens is 2. The van der Waals surface area contributed by atoms with Crippen molar-refractivity contribution in [2.24, 2.45) is 0 Å². The number of ether oxygens (including phenoxy) is 1. The van der Waals surface area contributed by atoms with Gasteiger partial charge in [0.2, 0.25) is 0 Å². The zero-order valence-corrected chi connectivity index (χ0v) is 12.3. The van der Waals surface area contributed by atoms with Gasteiger partial charge >= 0.3 is 5.97 Å². The van der Waals surface area contributed by atoms with Crippen LogP contribution in [0.2, 0.25) is 0 Å². The van der Waals surface area contributed by atoms with Crippen LogP contribution < -0.4 is 5.56 Å². The van der Waals surface area contributed by atoms with Gasteiger partial charge in [-0.05, 0) is 31.2 Å². The maximum Gasteiger partial charge on any atom is 0.329 e. The van der Waals surface area contributed by atoms with Crippen LogP contribution in [0.1, 0.15) is 36.2 Å². The quantitative estimate of drug-likeness (QED) is 0.813. The molecular weight excluding hydrogens is 276 g/mol. The Hall–Kier alpha value is -1.69. The molecule has 0 saturated heterocycles. The van der Waals surface area contributed by atoms with Crippen LogP contribution in [0.15, 0.2) is 11.1 Å². The first-order valence-corrected chi connectivity index (χ1v) is 7.58.